The van der Waals surface area contributed by atoms with E-state index in [9.17, 15) is 8.78 Å². The summed E-state index contributed by atoms with van der Waals surface area (Å²) in [5.74, 6) is 0.446. The Kier molecular flexibility index (Phi) is 10.3. The Hall–Kier alpha value is -2.10. The van der Waals surface area contributed by atoms with Crippen molar-refractivity contribution in [2.45, 2.75) is 19.8 Å². The number of hydrogen-bond acceptors (Lipinski definition) is 3. The molecule has 0 aromatic heterocycles. The van der Waals surface area contributed by atoms with Gasteiger partial charge in [-0.1, -0.05) is 18.2 Å². The molecule has 1 aliphatic rings. The Bertz CT molecular complexity index is 865. The van der Waals surface area contributed by atoms with Crippen molar-refractivity contribution in [2.24, 2.45) is 10.9 Å². The molecule has 3 rings (SSSR count). The first-order valence-corrected chi connectivity index (χ1v) is 10.4. The van der Waals surface area contributed by atoms with E-state index in [4.69, 9.17) is 9.73 Å². The van der Waals surface area contributed by atoms with Crippen molar-refractivity contribution >= 4 is 35.6 Å². The molecular formula is C23H31F2IN4O. The van der Waals surface area contributed by atoms with E-state index in [0.29, 0.717) is 12.5 Å². The van der Waals surface area contributed by atoms with Gasteiger partial charge < -0.3 is 20.3 Å². The zero-order valence-electron chi connectivity index (χ0n) is 18.0. The summed E-state index contributed by atoms with van der Waals surface area (Å²) < 4.78 is 32.1. The van der Waals surface area contributed by atoms with Crippen LogP contribution in [0.2, 0.25) is 0 Å². The molecule has 1 saturated heterocycles. The van der Waals surface area contributed by atoms with Crippen molar-refractivity contribution in [1.29, 1.82) is 0 Å². The summed E-state index contributed by atoms with van der Waals surface area (Å²) in [5.41, 5.74) is 1.88. The molecule has 5 nitrogen and oxygen atoms in total. The van der Waals surface area contributed by atoms with Crippen LogP contribution in [0.3, 0.4) is 0 Å². The largest absolute Gasteiger partial charge is 0.496 e. The van der Waals surface area contributed by atoms with Crippen molar-refractivity contribution in [2.75, 3.05) is 44.7 Å². The smallest absolute Gasteiger partial charge is 0.191 e. The van der Waals surface area contributed by atoms with E-state index < -0.39 is 11.6 Å². The second kappa shape index (κ2) is 12.7. The third-order valence-corrected chi connectivity index (χ3v) is 5.29. The van der Waals surface area contributed by atoms with Crippen LogP contribution in [0.25, 0.3) is 0 Å². The average Bonchev–Trinajstić information content (AvgIpc) is 3.23. The molecular weight excluding hydrogens is 513 g/mol. The maximum absolute atomic E-state index is 13.5. The van der Waals surface area contributed by atoms with Gasteiger partial charge in [0.15, 0.2) is 17.6 Å². The zero-order valence-corrected chi connectivity index (χ0v) is 20.4. The highest BCUT2D eigenvalue weighted by Gasteiger charge is 2.23. The van der Waals surface area contributed by atoms with E-state index in [-0.39, 0.29) is 24.0 Å². The monoisotopic (exact) mass is 544 g/mol. The fourth-order valence-electron chi connectivity index (χ4n) is 3.69. The fraction of sp³-hybridized carbons (Fsp3) is 0.435. The van der Waals surface area contributed by atoms with Gasteiger partial charge in [-0.2, -0.15) is 0 Å². The lowest BCUT2D eigenvalue weighted by molar-refractivity contribution is 0.409. The Labute approximate surface area is 200 Å². The molecule has 2 aromatic carbocycles. The van der Waals surface area contributed by atoms with E-state index in [0.717, 1.165) is 62.0 Å². The Morgan fingerprint density at radius 1 is 1.16 bits per heavy atom. The molecule has 2 N–H and O–H groups in total. The first-order valence-electron chi connectivity index (χ1n) is 10.4. The molecule has 0 bridgehead atoms. The number of halogens is 3. The number of nitrogens with one attached hydrogen (secondary N) is 2. The molecule has 2 aromatic rings. The lowest BCUT2D eigenvalue weighted by atomic mass is 10.1. The number of methoxy groups -OCH3 is 1. The van der Waals surface area contributed by atoms with Crippen LogP contribution in [0.15, 0.2) is 47.5 Å². The lowest BCUT2D eigenvalue weighted by Crippen LogP contribution is -2.38. The van der Waals surface area contributed by atoms with E-state index >= 15 is 0 Å². The van der Waals surface area contributed by atoms with Gasteiger partial charge in [-0.15, -0.1) is 24.0 Å². The molecule has 31 heavy (non-hydrogen) atoms. The molecule has 1 atom stereocenters. The molecule has 1 heterocycles. The third-order valence-electron chi connectivity index (χ3n) is 5.29. The van der Waals surface area contributed by atoms with Gasteiger partial charge in [-0.25, -0.2) is 8.78 Å². The van der Waals surface area contributed by atoms with E-state index in [2.05, 4.69) is 21.6 Å². The maximum Gasteiger partial charge on any atom is 0.191 e. The number of benzene rings is 2. The summed E-state index contributed by atoms with van der Waals surface area (Å²) in [5, 5.41) is 6.66. The quantitative estimate of drug-likeness (QED) is 0.297. The number of ether oxygens (including phenoxy) is 1. The van der Waals surface area contributed by atoms with Crippen LogP contribution in [0.5, 0.6) is 5.75 Å². The van der Waals surface area contributed by atoms with Gasteiger partial charge in [0.25, 0.3) is 0 Å². The first-order chi connectivity index (χ1) is 14.6. The molecule has 0 radical (unpaired) electrons. The summed E-state index contributed by atoms with van der Waals surface area (Å²) in [7, 11) is 1.68. The van der Waals surface area contributed by atoms with Crippen LogP contribution < -0.4 is 20.3 Å². The number of hydrogen-bond donors (Lipinski definition) is 2. The summed E-state index contributed by atoms with van der Waals surface area (Å²) in [6.07, 6.45) is 1.81. The Morgan fingerprint density at radius 2 is 1.97 bits per heavy atom. The lowest BCUT2D eigenvalue weighted by Gasteiger charge is -2.18. The van der Waals surface area contributed by atoms with Gasteiger partial charge >= 0.3 is 0 Å². The molecule has 0 amide bonds. The van der Waals surface area contributed by atoms with Crippen LogP contribution in [0.4, 0.5) is 14.5 Å². The normalized spacial score (nSPS) is 16.1. The van der Waals surface area contributed by atoms with Crippen LogP contribution in [-0.2, 0) is 6.42 Å². The summed E-state index contributed by atoms with van der Waals surface area (Å²) >= 11 is 0. The number of guanidine groups is 1. The zero-order chi connectivity index (χ0) is 21.3. The minimum absolute atomic E-state index is 0. The SMILES string of the molecule is CCNC(=NCC1CCN(c2ccc(F)c(F)c2)C1)NCCc1ccccc1OC.I. The predicted octanol–water partition coefficient (Wildman–Crippen LogP) is 4.22. The second-order valence-corrected chi connectivity index (χ2v) is 7.41. The van der Waals surface area contributed by atoms with E-state index in [1.807, 2.05) is 25.1 Å². The van der Waals surface area contributed by atoms with Crippen LogP contribution in [0, 0.1) is 17.6 Å². The summed E-state index contributed by atoms with van der Waals surface area (Å²) in [6.45, 7) is 5.87. The number of aliphatic imine (C=N–C) groups is 1. The van der Waals surface area contributed by atoms with Gasteiger partial charge in [-0.3, -0.25) is 4.99 Å². The highest BCUT2D eigenvalue weighted by atomic mass is 127. The maximum atomic E-state index is 13.5. The number of para-hydroxylation sites is 1. The Morgan fingerprint density at radius 3 is 2.71 bits per heavy atom. The van der Waals surface area contributed by atoms with Gasteiger partial charge in [0.05, 0.1) is 7.11 Å². The molecule has 0 spiro atoms. The predicted molar refractivity (Wildman–Crippen MR) is 133 cm³/mol. The topological polar surface area (TPSA) is 48.9 Å². The molecule has 1 fully saturated rings. The minimum atomic E-state index is -0.812. The van der Waals surface area contributed by atoms with Crippen LogP contribution >= 0.6 is 24.0 Å². The molecule has 0 saturated carbocycles. The fourth-order valence-corrected chi connectivity index (χ4v) is 3.69. The average molecular weight is 544 g/mol. The molecule has 8 heteroatoms. The van der Waals surface area contributed by atoms with Gasteiger partial charge in [0.2, 0.25) is 0 Å². The Balaban J connectivity index is 0.00000341. The third kappa shape index (κ3) is 7.22. The minimum Gasteiger partial charge on any atom is -0.496 e. The van der Waals surface area contributed by atoms with Gasteiger partial charge in [-0.05, 0) is 49.4 Å². The van der Waals surface area contributed by atoms with Crippen LogP contribution in [-0.4, -0.2) is 45.8 Å². The second-order valence-electron chi connectivity index (χ2n) is 7.41. The van der Waals surface area contributed by atoms with Crippen molar-refractivity contribution < 1.29 is 13.5 Å². The standard InChI is InChI=1S/C23H30F2N4O.HI/c1-3-26-23(27-12-10-18-6-4-5-7-22(18)30-2)28-15-17-11-13-29(16-17)19-8-9-20(24)21(25)14-19;/h4-9,14,17H,3,10-13,15-16H2,1-2H3,(H2,26,27,28);1H. The molecule has 1 unspecified atom stereocenters. The number of rotatable bonds is 8. The highest BCUT2D eigenvalue weighted by Crippen LogP contribution is 2.25. The van der Waals surface area contributed by atoms with Crippen LogP contribution in [0.1, 0.15) is 18.9 Å². The molecule has 170 valence electrons. The van der Waals surface area contributed by atoms with E-state index in [1.165, 1.54) is 12.1 Å². The number of anilines is 1. The first kappa shape index (κ1) is 25.2. The summed E-state index contributed by atoms with van der Waals surface area (Å²) in [4.78, 5) is 6.82. The number of nitrogens with zero attached hydrogens (tertiary/aromatic N) is 2. The van der Waals surface area contributed by atoms with E-state index in [1.54, 1.807) is 13.2 Å². The van der Waals surface area contributed by atoms with Crippen molar-refractivity contribution in [3.63, 3.8) is 0 Å². The van der Waals surface area contributed by atoms with Crippen molar-refractivity contribution in [1.82, 2.24) is 10.6 Å². The van der Waals surface area contributed by atoms with Crippen molar-refractivity contribution in [3.05, 3.63) is 59.7 Å². The summed E-state index contributed by atoms with van der Waals surface area (Å²) in [6, 6.07) is 12.1. The highest BCUT2D eigenvalue weighted by molar-refractivity contribution is 14.0. The van der Waals surface area contributed by atoms with Gasteiger partial charge in [0.1, 0.15) is 5.75 Å². The molecule has 0 aliphatic carbocycles. The molecule has 1 aliphatic heterocycles. The van der Waals surface area contributed by atoms with Crippen molar-refractivity contribution in [3.8, 4) is 5.75 Å². The van der Waals surface area contributed by atoms with Gasteiger partial charge in [0, 0.05) is 44.5 Å².